The predicted molar refractivity (Wildman–Crippen MR) is 140 cm³/mol. The SMILES string of the molecule is CSCC[C@H](NCc1ccc2ccc3ccc(CN[C@@H](CCSC)C(=O)O)nc3c2n1)C(=O)O. The van der Waals surface area contributed by atoms with Crippen LogP contribution in [-0.2, 0) is 22.7 Å². The van der Waals surface area contributed by atoms with Crippen molar-refractivity contribution in [3.63, 3.8) is 0 Å². The molecule has 4 N–H and O–H groups in total. The van der Waals surface area contributed by atoms with Crippen LogP contribution in [0.3, 0.4) is 0 Å². The van der Waals surface area contributed by atoms with Gasteiger partial charge in [0.2, 0.25) is 0 Å². The molecule has 182 valence electrons. The molecule has 34 heavy (non-hydrogen) atoms. The lowest BCUT2D eigenvalue weighted by atomic mass is 10.1. The predicted octanol–water partition coefficient (Wildman–Crippen LogP) is 3.37. The van der Waals surface area contributed by atoms with Crippen molar-refractivity contribution in [3.05, 3.63) is 47.8 Å². The van der Waals surface area contributed by atoms with Gasteiger partial charge in [0.1, 0.15) is 12.1 Å². The molecule has 2 heterocycles. The Labute approximate surface area is 207 Å². The number of hydrogen-bond acceptors (Lipinski definition) is 8. The van der Waals surface area contributed by atoms with Crippen molar-refractivity contribution >= 4 is 57.3 Å². The summed E-state index contributed by atoms with van der Waals surface area (Å²) < 4.78 is 0. The normalized spacial score (nSPS) is 13.2. The summed E-state index contributed by atoms with van der Waals surface area (Å²) >= 11 is 3.24. The van der Waals surface area contributed by atoms with Gasteiger partial charge >= 0.3 is 11.9 Å². The van der Waals surface area contributed by atoms with Gasteiger partial charge < -0.3 is 10.2 Å². The number of carbonyl (C=O) groups is 2. The van der Waals surface area contributed by atoms with E-state index in [9.17, 15) is 19.8 Å². The number of fused-ring (bicyclic) bond motifs is 3. The van der Waals surface area contributed by atoms with Crippen molar-refractivity contribution < 1.29 is 19.8 Å². The third-order valence-electron chi connectivity index (χ3n) is 5.51. The Kier molecular flexibility index (Phi) is 9.94. The lowest BCUT2D eigenvalue weighted by molar-refractivity contribution is -0.140. The van der Waals surface area contributed by atoms with E-state index in [4.69, 9.17) is 9.97 Å². The number of thioether (sulfide) groups is 2. The summed E-state index contributed by atoms with van der Waals surface area (Å²) in [4.78, 5) is 32.6. The molecule has 0 spiro atoms. The summed E-state index contributed by atoms with van der Waals surface area (Å²) in [5.41, 5.74) is 2.96. The topological polar surface area (TPSA) is 124 Å². The molecular formula is C24H30N4O4S2. The molecular weight excluding hydrogens is 472 g/mol. The molecule has 0 unspecified atom stereocenters. The molecule has 0 fully saturated rings. The van der Waals surface area contributed by atoms with Crippen LogP contribution in [0.25, 0.3) is 21.8 Å². The Bertz CT molecular complexity index is 1060. The number of carboxylic acid groups (broad SMARTS) is 2. The summed E-state index contributed by atoms with van der Waals surface area (Å²) in [5.74, 6) is -0.200. The minimum Gasteiger partial charge on any atom is -0.480 e. The highest BCUT2D eigenvalue weighted by atomic mass is 32.2. The van der Waals surface area contributed by atoms with Crippen molar-refractivity contribution in [2.45, 2.75) is 38.0 Å². The lowest BCUT2D eigenvalue weighted by Gasteiger charge is -2.15. The Morgan fingerprint density at radius 3 is 1.50 bits per heavy atom. The Morgan fingerprint density at radius 2 is 1.15 bits per heavy atom. The monoisotopic (exact) mass is 502 g/mol. The van der Waals surface area contributed by atoms with Gasteiger partial charge in [-0.15, -0.1) is 0 Å². The van der Waals surface area contributed by atoms with E-state index in [1.165, 1.54) is 0 Å². The quantitative estimate of drug-likeness (QED) is 0.244. The van der Waals surface area contributed by atoms with E-state index in [2.05, 4.69) is 10.6 Å². The Balaban J connectivity index is 1.82. The van der Waals surface area contributed by atoms with Gasteiger partial charge in [0, 0.05) is 23.9 Å². The maximum Gasteiger partial charge on any atom is 0.320 e. The molecule has 0 amide bonds. The maximum atomic E-state index is 11.5. The van der Waals surface area contributed by atoms with Crippen LogP contribution in [0.4, 0.5) is 0 Å². The second-order valence-corrected chi connectivity index (χ2v) is 9.89. The number of rotatable bonds is 14. The second-order valence-electron chi connectivity index (χ2n) is 7.92. The summed E-state index contributed by atoms with van der Waals surface area (Å²) in [5, 5.41) is 27.0. The highest BCUT2D eigenvalue weighted by molar-refractivity contribution is 7.98. The highest BCUT2D eigenvalue weighted by Gasteiger charge is 2.18. The standard InChI is InChI=1S/C24H30N4O4S2/c1-33-11-9-19(23(29)30)25-13-17-7-5-15-3-4-16-6-8-18(28-22(16)21(15)27-17)14-26-20(24(31)32)10-12-34-2/h3-8,19-20,25-26H,9-14H2,1-2H3,(H,29,30)(H,31,32)/t19-,20-/m0/s1. The zero-order valence-electron chi connectivity index (χ0n) is 19.3. The molecule has 10 heteroatoms. The molecule has 3 rings (SSSR count). The largest absolute Gasteiger partial charge is 0.480 e. The van der Waals surface area contributed by atoms with Crippen molar-refractivity contribution in [1.82, 2.24) is 20.6 Å². The third-order valence-corrected chi connectivity index (χ3v) is 6.80. The van der Waals surface area contributed by atoms with Gasteiger partial charge in [0.25, 0.3) is 0 Å². The molecule has 8 nitrogen and oxygen atoms in total. The van der Waals surface area contributed by atoms with E-state index >= 15 is 0 Å². The summed E-state index contributed by atoms with van der Waals surface area (Å²) in [6.07, 6.45) is 4.99. The van der Waals surface area contributed by atoms with Gasteiger partial charge in [-0.2, -0.15) is 23.5 Å². The molecule has 0 aliphatic carbocycles. The highest BCUT2D eigenvalue weighted by Crippen LogP contribution is 2.23. The average molecular weight is 503 g/mol. The number of nitrogens with one attached hydrogen (secondary N) is 2. The molecule has 3 aromatic rings. The number of hydrogen-bond donors (Lipinski definition) is 4. The van der Waals surface area contributed by atoms with E-state index in [0.717, 1.165) is 44.7 Å². The van der Waals surface area contributed by atoms with Gasteiger partial charge in [0.15, 0.2) is 0 Å². The molecule has 1 aromatic carbocycles. The van der Waals surface area contributed by atoms with E-state index in [1.54, 1.807) is 23.5 Å². The van der Waals surface area contributed by atoms with E-state index < -0.39 is 24.0 Å². The van der Waals surface area contributed by atoms with Crippen molar-refractivity contribution in [2.75, 3.05) is 24.0 Å². The smallest absolute Gasteiger partial charge is 0.320 e. The molecule has 2 atom stereocenters. The summed E-state index contributed by atoms with van der Waals surface area (Å²) in [6, 6.07) is 10.4. The maximum absolute atomic E-state index is 11.5. The number of aromatic nitrogens is 2. The van der Waals surface area contributed by atoms with Gasteiger partial charge in [-0.05, 0) is 49.0 Å². The van der Waals surface area contributed by atoms with Crippen molar-refractivity contribution in [2.24, 2.45) is 0 Å². The molecule has 0 aliphatic heterocycles. The second kappa shape index (κ2) is 12.9. The lowest BCUT2D eigenvalue weighted by Crippen LogP contribution is -2.36. The molecule has 0 aliphatic rings. The van der Waals surface area contributed by atoms with Gasteiger partial charge in [-0.1, -0.05) is 24.3 Å². The third kappa shape index (κ3) is 7.05. The van der Waals surface area contributed by atoms with Crippen LogP contribution >= 0.6 is 23.5 Å². The first kappa shape index (κ1) is 26.2. The minimum atomic E-state index is -0.865. The number of nitrogens with zero attached hydrogens (tertiary/aromatic N) is 2. The van der Waals surface area contributed by atoms with Gasteiger partial charge in [-0.25, -0.2) is 9.97 Å². The number of carboxylic acids is 2. The first-order valence-electron chi connectivity index (χ1n) is 11.0. The van der Waals surface area contributed by atoms with Crippen LogP contribution in [0.2, 0.25) is 0 Å². The fraction of sp³-hybridized carbons (Fsp3) is 0.417. The average Bonchev–Trinajstić information content (AvgIpc) is 2.83. The number of aliphatic carboxylic acids is 2. The van der Waals surface area contributed by atoms with E-state index in [1.807, 2.05) is 48.9 Å². The molecule has 0 bridgehead atoms. The fourth-order valence-corrected chi connectivity index (χ4v) is 4.54. The van der Waals surface area contributed by atoms with Crippen LogP contribution in [-0.4, -0.2) is 68.2 Å². The van der Waals surface area contributed by atoms with Crippen LogP contribution in [0.15, 0.2) is 36.4 Å². The number of benzene rings is 1. The van der Waals surface area contributed by atoms with Crippen molar-refractivity contribution in [3.8, 4) is 0 Å². The number of pyridine rings is 2. The Morgan fingerprint density at radius 1 is 0.765 bits per heavy atom. The zero-order chi connectivity index (χ0) is 24.5. The van der Waals surface area contributed by atoms with Crippen LogP contribution in [0, 0.1) is 0 Å². The molecule has 0 saturated heterocycles. The molecule has 0 radical (unpaired) electrons. The first-order chi connectivity index (χ1) is 16.4. The zero-order valence-corrected chi connectivity index (χ0v) is 20.9. The molecule has 0 saturated carbocycles. The van der Waals surface area contributed by atoms with Crippen LogP contribution < -0.4 is 10.6 Å². The van der Waals surface area contributed by atoms with E-state index in [-0.39, 0.29) is 0 Å². The summed E-state index contributed by atoms with van der Waals surface area (Å²) in [6.45, 7) is 0.684. The van der Waals surface area contributed by atoms with Gasteiger partial charge in [-0.3, -0.25) is 20.2 Å². The molecule has 2 aromatic heterocycles. The van der Waals surface area contributed by atoms with Crippen LogP contribution in [0.5, 0.6) is 0 Å². The Hall–Kier alpha value is -2.40. The first-order valence-corrected chi connectivity index (χ1v) is 13.8. The fourth-order valence-electron chi connectivity index (χ4n) is 3.60. The van der Waals surface area contributed by atoms with Crippen molar-refractivity contribution in [1.29, 1.82) is 0 Å². The van der Waals surface area contributed by atoms with Gasteiger partial charge in [0.05, 0.1) is 22.4 Å². The van der Waals surface area contributed by atoms with E-state index in [0.29, 0.717) is 25.9 Å². The summed E-state index contributed by atoms with van der Waals surface area (Å²) in [7, 11) is 0. The van der Waals surface area contributed by atoms with Crippen LogP contribution in [0.1, 0.15) is 24.2 Å². The minimum absolute atomic E-state index is 0.342.